The lowest BCUT2D eigenvalue weighted by atomic mass is 10.1. The fourth-order valence-corrected chi connectivity index (χ4v) is 3.71. The first-order valence-corrected chi connectivity index (χ1v) is 8.09. The van der Waals surface area contributed by atoms with E-state index in [4.69, 9.17) is 5.26 Å². The van der Waals surface area contributed by atoms with E-state index in [0.29, 0.717) is 25.2 Å². The van der Waals surface area contributed by atoms with Crippen LogP contribution in [0, 0.1) is 17.1 Å². The van der Waals surface area contributed by atoms with Gasteiger partial charge in [-0.25, -0.2) is 12.8 Å². The molecule has 0 N–H and O–H groups in total. The second-order valence-corrected chi connectivity index (χ2v) is 8.33. The Hall–Kier alpha value is -1.61. The number of sulfone groups is 1. The molecule has 0 aliphatic carbocycles. The third-order valence-electron chi connectivity index (χ3n) is 3.88. The molecule has 1 aromatic carbocycles. The van der Waals surface area contributed by atoms with Crippen molar-refractivity contribution < 1.29 is 12.8 Å². The molecule has 2 rings (SSSR count). The zero-order valence-corrected chi connectivity index (χ0v) is 12.4. The van der Waals surface area contributed by atoms with Crippen LogP contribution in [0.25, 0.3) is 0 Å². The summed E-state index contributed by atoms with van der Waals surface area (Å²) in [4.78, 5) is 1.85. The van der Waals surface area contributed by atoms with Gasteiger partial charge in [0.25, 0.3) is 0 Å². The van der Waals surface area contributed by atoms with Gasteiger partial charge in [0.05, 0.1) is 21.8 Å². The zero-order chi connectivity index (χ0) is 15.0. The van der Waals surface area contributed by atoms with Crippen molar-refractivity contribution in [3.63, 3.8) is 0 Å². The fourth-order valence-electron chi connectivity index (χ4n) is 2.29. The summed E-state index contributed by atoms with van der Waals surface area (Å²) in [5.74, 6) is -0.421. The highest BCUT2D eigenvalue weighted by atomic mass is 32.2. The lowest BCUT2D eigenvalue weighted by Gasteiger charge is -2.24. The quantitative estimate of drug-likeness (QED) is 0.796. The summed E-state index contributed by atoms with van der Waals surface area (Å²) in [6, 6.07) is 5.98. The topological polar surface area (TPSA) is 61.2 Å². The molecule has 0 atom stereocenters. The molecule has 0 saturated carbocycles. The normalized spacial score (nSPS) is 21.0. The maximum absolute atomic E-state index is 13.2. The Labute approximate surface area is 118 Å². The van der Waals surface area contributed by atoms with Crippen LogP contribution in [0.2, 0.25) is 0 Å². The van der Waals surface area contributed by atoms with E-state index in [1.54, 1.807) is 19.9 Å². The predicted molar refractivity (Wildman–Crippen MR) is 75.8 cm³/mol. The van der Waals surface area contributed by atoms with Crippen LogP contribution in [0.5, 0.6) is 0 Å². The highest BCUT2D eigenvalue weighted by Gasteiger charge is 2.37. The number of halogens is 1. The van der Waals surface area contributed by atoms with E-state index < -0.39 is 20.4 Å². The molecular formula is C14H17FN2O2S. The van der Waals surface area contributed by atoms with E-state index in [9.17, 15) is 12.8 Å². The lowest BCUT2D eigenvalue weighted by Crippen LogP contribution is -2.33. The van der Waals surface area contributed by atoms with E-state index >= 15 is 0 Å². The van der Waals surface area contributed by atoms with Gasteiger partial charge in [-0.2, -0.15) is 5.26 Å². The SMILES string of the molecule is CC1(C)CCN(c2ccc(F)cc2C#N)CCS1(=O)=O. The maximum atomic E-state index is 13.2. The van der Waals surface area contributed by atoms with Crippen LogP contribution in [0.15, 0.2) is 18.2 Å². The smallest absolute Gasteiger partial charge is 0.157 e. The van der Waals surface area contributed by atoms with Gasteiger partial charge in [-0.3, -0.25) is 0 Å². The van der Waals surface area contributed by atoms with E-state index in [2.05, 4.69) is 0 Å². The number of anilines is 1. The first-order valence-electron chi connectivity index (χ1n) is 6.44. The van der Waals surface area contributed by atoms with Crippen molar-refractivity contribution in [2.24, 2.45) is 0 Å². The second kappa shape index (κ2) is 5.06. The number of nitriles is 1. The van der Waals surface area contributed by atoms with Crippen LogP contribution in [-0.4, -0.2) is 32.0 Å². The molecule has 1 aliphatic heterocycles. The Morgan fingerprint density at radius 1 is 1.35 bits per heavy atom. The predicted octanol–water partition coefficient (Wildman–Crippen LogP) is 2.10. The molecule has 1 saturated heterocycles. The highest BCUT2D eigenvalue weighted by molar-refractivity contribution is 7.92. The molecule has 6 heteroatoms. The van der Waals surface area contributed by atoms with Gasteiger partial charge in [-0.15, -0.1) is 0 Å². The van der Waals surface area contributed by atoms with Crippen LogP contribution < -0.4 is 4.90 Å². The van der Waals surface area contributed by atoms with Crippen LogP contribution in [0.3, 0.4) is 0 Å². The van der Waals surface area contributed by atoms with Gasteiger partial charge in [-0.05, 0) is 38.5 Å². The van der Waals surface area contributed by atoms with Crippen molar-refractivity contribution >= 4 is 15.5 Å². The van der Waals surface area contributed by atoms with Gasteiger partial charge in [-0.1, -0.05) is 0 Å². The van der Waals surface area contributed by atoms with Crippen LogP contribution in [-0.2, 0) is 9.84 Å². The molecule has 1 fully saturated rings. The third kappa shape index (κ3) is 2.63. The molecule has 1 aromatic rings. The molecule has 1 heterocycles. The number of nitrogens with zero attached hydrogens (tertiary/aromatic N) is 2. The van der Waals surface area contributed by atoms with Gasteiger partial charge in [0.1, 0.15) is 11.9 Å². The molecule has 0 radical (unpaired) electrons. The number of hydrogen-bond acceptors (Lipinski definition) is 4. The van der Waals surface area contributed by atoms with Gasteiger partial charge in [0.15, 0.2) is 9.84 Å². The molecule has 1 aliphatic rings. The first kappa shape index (κ1) is 14.8. The van der Waals surface area contributed by atoms with Gasteiger partial charge in [0.2, 0.25) is 0 Å². The van der Waals surface area contributed by atoms with E-state index in [-0.39, 0.29) is 11.3 Å². The molecule has 0 amide bonds. The summed E-state index contributed by atoms with van der Waals surface area (Å²) in [6.45, 7) is 4.31. The average molecular weight is 296 g/mol. The molecule has 0 bridgehead atoms. The standard InChI is InChI=1S/C14H17FN2O2S/c1-14(2)5-6-17(7-8-20(14,18)19)13-4-3-12(15)9-11(13)10-16/h3-4,9H,5-8H2,1-2H3. The maximum Gasteiger partial charge on any atom is 0.157 e. The fraction of sp³-hybridized carbons (Fsp3) is 0.500. The summed E-state index contributed by atoms with van der Waals surface area (Å²) >= 11 is 0. The average Bonchev–Trinajstić information content (AvgIpc) is 2.48. The summed E-state index contributed by atoms with van der Waals surface area (Å²) in [5.41, 5.74) is 0.837. The molecule has 0 spiro atoms. The number of rotatable bonds is 1. The Morgan fingerprint density at radius 3 is 2.70 bits per heavy atom. The minimum absolute atomic E-state index is 0.0439. The van der Waals surface area contributed by atoms with Crippen LogP contribution >= 0.6 is 0 Å². The van der Waals surface area contributed by atoms with Gasteiger partial charge < -0.3 is 4.90 Å². The summed E-state index contributed by atoms with van der Waals surface area (Å²) < 4.78 is 36.7. The summed E-state index contributed by atoms with van der Waals surface area (Å²) in [5, 5.41) is 9.09. The van der Waals surface area contributed by atoms with Crippen molar-refractivity contribution in [3.05, 3.63) is 29.6 Å². The number of benzene rings is 1. The summed E-state index contributed by atoms with van der Waals surface area (Å²) in [6.07, 6.45) is 0.484. The lowest BCUT2D eigenvalue weighted by molar-refractivity contribution is 0.538. The minimum Gasteiger partial charge on any atom is -0.369 e. The highest BCUT2D eigenvalue weighted by Crippen LogP contribution is 2.29. The largest absolute Gasteiger partial charge is 0.369 e. The molecular weight excluding hydrogens is 279 g/mol. The van der Waals surface area contributed by atoms with Crippen molar-refractivity contribution in [1.82, 2.24) is 0 Å². The molecule has 20 heavy (non-hydrogen) atoms. The molecule has 0 unspecified atom stereocenters. The molecule has 0 aromatic heterocycles. The molecule has 4 nitrogen and oxygen atoms in total. The first-order chi connectivity index (χ1) is 9.27. The van der Waals surface area contributed by atoms with Crippen LogP contribution in [0.4, 0.5) is 10.1 Å². The van der Waals surface area contributed by atoms with E-state index in [1.165, 1.54) is 12.1 Å². The Bertz CT molecular complexity index is 662. The van der Waals surface area contributed by atoms with Crippen molar-refractivity contribution in [3.8, 4) is 6.07 Å². The van der Waals surface area contributed by atoms with Crippen LogP contribution in [0.1, 0.15) is 25.8 Å². The Kier molecular flexibility index (Phi) is 3.74. The van der Waals surface area contributed by atoms with E-state index in [1.807, 2.05) is 11.0 Å². The monoisotopic (exact) mass is 296 g/mol. The molecule has 108 valence electrons. The van der Waals surface area contributed by atoms with Gasteiger partial charge in [0, 0.05) is 13.1 Å². The van der Waals surface area contributed by atoms with Crippen molar-refractivity contribution in [2.75, 3.05) is 23.7 Å². The Balaban J connectivity index is 2.35. The second-order valence-electron chi connectivity index (χ2n) is 5.59. The summed E-state index contributed by atoms with van der Waals surface area (Å²) in [7, 11) is -3.16. The van der Waals surface area contributed by atoms with Crippen molar-refractivity contribution in [1.29, 1.82) is 5.26 Å². The third-order valence-corrected chi connectivity index (χ3v) is 6.48. The number of hydrogen-bond donors (Lipinski definition) is 0. The van der Waals surface area contributed by atoms with Crippen molar-refractivity contribution in [2.45, 2.75) is 25.0 Å². The zero-order valence-electron chi connectivity index (χ0n) is 11.6. The Morgan fingerprint density at radius 2 is 2.05 bits per heavy atom. The minimum atomic E-state index is -3.16. The van der Waals surface area contributed by atoms with Gasteiger partial charge >= 0.3 is 0 Å². The van der Waals surface area contributed by atoms with E-state index in [0.717, 1.165) is 0 Å².